The summed E-state index contributed by atoms with van der Waals surface area (Å²) >= 11 is 0. The molecule has 2 fully saturated rings. The monoisotopic (exact) mass is 358 g/mol. The van der Waals surface area contributed by atoms with E-state index in [-0.39, 0.29) is 23.8 Å². The second-order valence-corrected chi connectivity index (χ2v) is 7.74. The lowest BCUT2D eigenvalue weighted by atomic mass is 10.1. The molecular weight excluding hydrogens is 328 g/mol. The van der Waals surface area contributed by atoms with Crippen LogP contribution in [0, 0.1) is 5.92 Å². The van der Waals surface area contributed by atoms with Crippen LogP contribution in [-0.4, -0.2) is 41.9 Å². The number of hydrogen-bond acceptors (Lipinski definition) is 3. The van der Waals surface area contributed by atoms with Crippen molar-refractivity contribution < 1.29 is 14.3 Å². The van der Waals surface area contributed by atoms with Crippen LogP contribution >= 0.6 is 0 Å². The van der Waals surface area contributed by atoms with Gasteiger partial charge in [-0.15, -0.1) is 0 Å². The van der Waals surface area contributed by atoms with E-state index in [4.69, 9.17) is 4.74 Å². The van der Waals surface area contributed by atoms with Crippen molar-refractivity contribution in [3.8, 4) is 5.75 Å². The third-order valence-corrected chi connectivity index (χ3v) is 5.28. The summed E-state index contributed by atoms with van der Waals surface area (Å²) in [7, 11) is 0. The average molecular weight is 358 g/mol. The zero-order chi connectivity index (χ0) is 18.5. The zero-order valence-electron chi connectivity index (χ0n) is 15.9. The second kappa shape index (κ2) is 8.56. The summed E-state index contributed by atoms with van der Waals surface area (Å²) in [4.78, 5) is 26.6. The Labute approximate surface area is 156 Å². The highest BCUT2D eigenvalue weighted by atomic mass is 16.5. The van der Waals surface area contributed by atoms with Crippen LogP contribution in [0.1, 0.15) is 51.5 Å². The summed E-state index contributed by atoms with van der Waals surface area (Å²) in [5.74, 6) is 0.820. The molecule has 1 aromatic carbocycles. The number of nitrogens with one attached hydrogen (secondary N) is 1. The highest BCUT2D eigenvalue weighted by Crippen LogP contribution is 2.29. The molecule has 1 aliphatic heterocycles. The Balaban J connectivity index is 1.45. The number of amides is 2. The van der Waals surface area contributed by atoms with E-state index < -0.39 is 0 Å². The SMILES string of the molecule is CC(C)Oc1cccc(CCNC(=O)C2CC(=O)N(C3CCCC3)C2)c1. The van der Waals surface area contributed by atoms with Crippen molar-refractivity contribution in [1.82, 2.24) is 10.2 Å². The molecule has 1 N–H and O–H groups in total. The summed E-state index contributed by atoms with van der Waals surface area (Å²) in [6, 6.07) is 8.35. The Hall–Kier alpha value is -2.04. The van der Waals surface area contributed by atoms with Gasteiger partial charge in [0.1, 0.15) is 5.75 Å². The van der Waals surface area contributed by atoms with Crippen molar-refractivity contribution in [3.63, 3.8) is 0 Å². The number of rotatable bonds is 7. The van der Waals surface area contributed by atoms with Crippen molar-refractivity contribution in [2.75, 3.05) is 13.1 Å². The standard InChI is InChI=1S/C21H30N2O3/c1-15(2)26-19-9-5-6-16(12-19)10-11-22-21(25)17-13-20(24)23(14-17)18-7-3-4-8-18/h5-6,9,12,15,17-18H,3-4,7-8,10-11,13-14H2,1-2H3,(H,22,25). The normalized spacial score (nSPS) is 20.8. The number of nitrogens with zero attached hydrogens (tertiary/aromatic N) is 1. The summed E-state index contributed by atoms with van der Waals surface area (Å²) in [5, 5.41) is 3.01. The van der Waals surface area contributed by atoms with Gasteiger partial charge >= 0.3 is 0 Å². The summed E-state index contributed by atoms with van der Waals surface area (Å²) < 4.78 is 5.71. The molecule has 1 aromatic rings. The van der Waals surface area contributed by atoms with Gasteiger partial charge in [-0.1, -0.05) is 25.0 Å². The van der Waals surface area contributed by atoms with Crippen LogP contribution in [0.4, 0.5) is 0 Å². The molecule has 0 bridgehead atoms. The molecule has 2 amide bonds. The molecule has 2 aliphatic rings. The minimum Gasteiger partial charge on any atom is -0.491 e. The minimum atomic E-state index is -0.196. The van der Waals surface area contributed by atoms with Crippen molar-refractivity contribution in [2.45, 2.75) is 64.5 Å². The Morgan fingerprint density at radius 2 is 2.08 bits per heavy atom. The molecule has 5 heteroatoms. The first-order chi connectivity index (χ1) is 12.5. The lowest BCUT2D eigenvalue weighted by molar-refractivity contribution is -0.130. The van der Waals surface area contributed by atoms with E-state index in [9.17, 15) is 9.59 Å². The maximum atomic E-state index is 12.4. The van der Waals surface area contributed by atoms with Crippen LogP contribution in [-0.2, 0) is 16.0 Å². The fourth-order valence-electron chi connectivity index (χ4n) is 4.00. The van der Waals surface area contributed by atoms with Crippen LogP contribution in [0.2, 0.25) is 0 Å². The lowest BCUT2D eigenvalue weighted by Gasteiger charge is -2.23. The van der Waals surface area contributed by atoms with Gasteiger partial charge in [-0.25, -0.2) is 0 Å². The maximum absolute atomic E-state index is 12.4. The summed E-state index contributed by atoms with van der Waals surface area (Å²) in [6.45, 7) is 5.18. The Bertz CT molecular complexity index is 638. The van der Waals surface area contributed by atoms with E-state index in [0.717, 1.165) is 30.6 Å². The molecule has 1 saturated heterocycles. The van der Waals surface area contributed by atoms with Gasteiger partial charge in [0, 0.05) is 25.6 Å². The molecule has 1 atom stereocenters. The van der Waals surface area contributed by atoms with E-state index in [0.29, 0.717) is 25.6 Å². The first-order valence-corrected chi connectivity index (χ1v) is 9.85. The second-order valence-electron chi connectivity index (χ2n) is 7.74. The molecule has 3 rings (SSSR count). The van der Waals surface area contributed by atoms with Crippen molar-refractivity contribution in [2.24, 2.45) is 5.92 Å². The molecule has 5 nitrogen and oxygen atoms in total. The average Bonchev–Trinajstić information content (AvgIpc) is 3.23. The van der Waals surface area contributed by atoms with E-state index in [1.807, 2.05) is 43.0 Å². The van der Waals surface area contributed by atoms with Crippen LogP contribution in [0.3, 0.4) is 0 Å². The molecule has 1 unspecified atom stereocenters. The minimum absolute atomic E-state index is 0.00781. The van der Waals surface area contributed by atoms with Crippen molar-refractivity contribution >= 4 is 11.8 Å². The number of likely N-dealkylation sites (tertiary alicyclic amines) is 1. The van der Waals surface area contributed by atoms with Gasteiger partial charge < -0.3 is 15.0 Å². The first kappa shape index (κ1) is 18.7. The lowest BCUT2D eigenvalue weighted by Crippen LogP contribution is -2.37. The largest absolute Gasteiger partial charge is 0.491 e. The fraction of sp³-hybridized carbons (Fsp3) is 0.619. The van der Waals surface area contributed by atoms with Gasteiger partial charge in [-0.05, 0) is 50.8 Å². The highest BCUT2D eigenvalue weighted by Gasteiger charge is 2.38. The summed E-state index contributed by atoms with van der Waals surface area (Å²) in [5.41, 5.74) is 1.14. The smallest absolute Gasteiger partial charge is 0.225 e. The van der Waals surface area contributed by atoms with Gasteiger partial charge in [-0.3, -0.25) is 9.59 Å². The van der Waals surface area contributed by atoms with Crippen LogP contribution < -0.4 is 10.1 Å². The van der Waals surface area contributed by atoms with Crippen LogP contribution in [0.5, 0.6) is 5.75 Å². The molecule has 26 heavy (non-hydrogen) atoms. The maximum Gasteiger partial charge on any atom is 0.225 e. The van der Waals surface area contributed by atoms with E-state index in [1.54, 1.807) is 0 Å². The van der Waals surface area contributed by atoms with Crippen LogP contribution in [0.15, 0.2) is 24.3 Å². The molecule has 0 spiro atoms. The van der Waals surface area contributed by atoms with Gasteiger partial charge in [0.15, 0.2) is 0 Å². The number of hydrogen-bond donors (Lipinski definition) is 1. The number of carbonyl (C=O) groups is 2. The quantitative estimate of drug-likeness (QED) is 0.815. The molecule has 1 heterocycles. The summed E-state index contributed by atoms with van der Waals surface area (Å²) in [6.07, 6.45) is 5.85. The Morgan fingerprint density at radius 1 is 1.31 bits per heavy atom. The third kappa shape index (κ3) is 4.77. The fourth-order valence-corrected chi connectivity index (χ4v) is 4.00. The zero-order valence-corrected chi connectivity index (χ0v) is 15.9. The van der Waals surface area contributed by atoms with E-state index >= 15 is 0 Å². The number of ether oxygens (including phenoxy) is 1. The topological polar surface area (TPSA) is 58.6 Å². The molecular formula is C21H30N2O3. The van der Waals surface area contributed by atoms with Gasteiger partial charge in [0.05, 0.1) is 12.0 Å². The highest BCUT2D eigenvalue weighted by molar-refractivity contribution is 5.89. The Kier molecular flexibility index (Phi) is 6.17. The van der Waals surface area contributed by atoms with E-state index in [1.165, 1.54) is 12.8 Å². The molecule has 0 aromatic heterocycles. The molecule has 1 saturated carbocycles. The van der Waals surface area contributed by atoms with Gasteiger partial charge in [0.2, 0.25) is 11.8 Å². The van der Waals surface area contributed by atoms with Crippen LogP contribution in [0.25, 0.3) is 0 Å². The predicted octanol–water partition coefficient (Wildman–Crippen LogP) is 2.92. The van der Waals surface area contributed by atoms with Crippen molar-refractivity contribution in [3.05, 3.63) is 29.8 Å². The van der Waals surface area contributed by atoms with Gasteiger partial charge in [-0.2, -0.15) is 0 Å². The number of benzene rings is 1. The molecule has 142 valence electrons. The first-order valence-electron chi connectivity index (χ1n) is 9.85. The third-order valence-electron chi connectivity index (χ3n) is 5.28. The predicted molar refractivity (Wildman–Crippen MR) is 101 cm³/mol. The van der Waals surface area contributed by atoms with E-state index in [2.05, 4.69) is 5.32 Å². The Morgan fingerprint density at radius 3 is 2.81 bits per heavy atom. The van der Waals surface area contributed by atoms with Crippen molar-refractivity contribution in [1.29, 1.82) is 0 Å². The number of carbonyl (C=O) groups excluding carboxylic acids is 2. The molecule has 1 aliphatic carbocycles. The van der Waals surface area contributed by atoms with Gasteiger partial charge in [0.25, 0.3) is 0 Å². The molecule has 0 radical (unpaired) electrons.